The molecule has 2 aromatic heterocycles. The van der Waals surface area contributed by atoms with Crippen LogP contribution in [0.5, 0.6) is 0 Å². The molecule has 1 aromatic carbocycles. The molecule has 0 saturated carbocycles. The molecule has 1 amide bonds. The van der Waals surface area contributed by atoms with Crippen molar-refractivity contribution in [2.24, 2.45) is 0 Å². The molecule has 0 bridgehead atoms. The van der Waals surface area contributed by atoms with Crippen LogP contribution in [-0.4, -0.2) is 40.5 Å². The highest BCUT2D eigenvalue weighted by Gasteiger charge is 2.24. The minimum absolute atomic E-state index is 0. The average Bonchev–Trinajstić information content (AvgIpc) is 3.20. The van der Waals surface area contributed by atoms with Crippen molar-refractivity contribution in [2.75, 3.05) is 20.1 Å². The SMILES string of the molecule is Cc1cc(C2CCCNC2)oc(=O)c1C(=O)N(C)Cc1nccn1Cc1ccccc1.Cl.Cl. The largest absolute Gasteiger partial charge is 0.427 e. The lowest BCUT2D eigenvalue weighted by atomic mass is 9.95. The number of benzene rings is 1. The molecule has 4 rings (SSSR count). The maximum atomic E-state index is 13.1. The molecule has 0 radical (unpaired) electrons. The Morgan fingerprint density at radius 1 is 1.27 bits per heavy atom. The summed E-state index contributed by atoms with van der Waals surface area (Å²) in [6.45, 7) is 4.55. The van der Waals surface area contributed by atoms with Gasteiger partial charge in [0.1, 0.15) is 17.1 Å². The fraction of sp³-hybridized carbons (Fsp3) is 0.375. The molecular weight excluding hydrogens is 463 g/mol. The van der Waals surface area contributed by atoms with Gasteiger partial charge < -0.3 is 19.2 Å². The number of nitrogens with one attached hydrogen (secondary N) is 1. The number of hydrogen-bond donors (Lipinski definition) is 1. The number of imidazole rings is 1. The molecule has 1 unspecified atom stereocenters. The maximum Gasteiger partial charge on any atom is 0.349 e. The number of rotatable bonds is 6. The van der Waals surface area contributed by atoms with Gasteiger partial charge in [-0.25, -0.2) is 9.78 Å². The van der Waals surface area contributed by atoms with Gasteiger partial charge in [-0.3, -0.25) is 4.79 Å². The lowest BCUT2D eigenvalue weighted by Crippen LogP contribution is -2.33. The summed E-state index contributed by atoms with van der Waals surface area (Å²) in [6.07, 6.45) is 5.65. The average molecular weight is 493 g/mol. The van der Waals surface area contributed by atoms with Gasteiger partial charge >= 0.3 is 5.63 Å². The van der Waals surface area contributed by atoms with E-state index in [1.54, 1.807) is 20.2 Å². The Labute approximate surface area is 206 Å². The first kappa shape index (κ1) is 26.6. The number of amides is 1. The summed E-state index contributed by atoms with van der Waals surface area (Å²) in [5.41, 5.74) is 1.34. The number of carbonyl (C=O) groups excluding carboxylic acids is 1. The van der Waals surface area contributed by atoms with Crippen molar-refractivity contribution >= 4 is 30.7 Å². The van der Waals surface area contributed by atoms with Crippen molar-refractivity contribution in [3.63, 3.8) is 0 Å². The molecule has 9 heteroatoms. The summed E-state index contributed by atoms with van der Waals surface area (Å²) in [7, 11) is 1.68. The molecule has 1 saturated heterocycles. The van der Waals surface area contributed by atoms with E-state index in [-0.39, 0.29) is 42.2 Å². The Kier molecular flexibility index (Phi) is 9.70. The first-order valence-corrected chi connectivity index (χ1v) is 10.7. The highest BCUT2D eigenvalue weighted by Crippen LogP contribution is 2.24. The van der Waals surface area contributed by atoms with Crippen molar-refractivity contribution in [3.05, 3.63) is 87.5 Å². The first-order chi connectivity index (χ1) is 15.0. The Morgan fingerprint density at radius 2 is 2.03 bits per heavy atom. The van der Waals surface area contributed by atoms with Crippen molar-refractivity contribution in [2.45, 2.75) is 38.8 Å². The van der Waals surface area contributed by atoms with E-state index >= 15 is 0 Å². The lowest BCUT2D eigenvalue weighted by molar-refractivity contribution is 0.0774. The summed E-state index contributed by atoms with van der Waals surface area (Å²) in [5, 5.41) is 3.33. The number of halogens is 2. The number of nitrogens with zero attached hydrogens (tertiary/aromatic N) is 3. The van der Waals surface area contributed by atoms with Crippen LogP contribution in [0.3, 0.4) is 0 Å². The zero-order valence-electron chi connectivity index (χ0n) is 18.8. The van der Waals surface area contributed by atoms with Gasteiger partial charge in [-0.05, 0) is 43.5 Å². The molecular formula is C24H30Cl2N4O3. The molecule has 33 heavy (non-hydrogen) atoms. The van der Waals surface area contributed by atoms with Crippen molar-refractivity contribution < 1.29 is 9.21 Å². The molecule has 7 nitrogen and oxygen atoms in total. The molecule has 1 atom stereocenters. The zero-order valence-corrected chi connectivity index (χ0v) is 20.5. The molecule has 1 N–H and O–H groups in total. The molecule has 3 aromatic rings. The quantitative estimate of drug-likeness (QED) is 0.566. The Balaban J connectivity index is 0.00000193. The Bertz CT molecular complexity index is 1110. The summed E-state index contributed by atoms with van der Waals surface area (Å²) >= 11 is 0. The van der Waals surface area contributed by atoms with Crippen LogP contribution in [0.1, 0.15) is 51.8 Å². The maximum absolute atomic E-state index is 13.1. The zero-order chi connectivity index (χ0) is 21.8. The number of aromatic nitrogens is 2. The third-order valence-corrected chi connectivity index (χ3v) is 5.80. The summed E-state index contributed by atoms with van der Waals surface area (Å²) in [4.78, 5) is 31.7. The summed E-state index contributed by atoms with van der Waals surface area (Å²) in [6, 6.07) is 11.9. The topological polar surface area (TPSA) is 80.4 Å². The second-order valence-corrected chi connectivity index (χ2v) is 8.16. The fourth-order valence-electron chi connectivity index (χ4n) is 4.08. The van der Waals surface area contributed by atoms with Crippen molar-refractivity contribution in [3.8, 4) is 0 Å². The van der Waals surface area contributed by atoms with Gasteiger partial charge in [-0.1, -0.05) is 30.3 Å². The van der Waals surface area contributed by atoms with E-state index in [0.29, 0.717) is 24.4 Å². The van der Waals surface area contributed by atoms with Crippen LogP contribution in [0, 0.1) is 6.92 Å². The number of hydrogen-bond acceptors (Lipinski definition) is 5. The van der Waals surface area contributed by atoms with Crippen LogP contribution in [-0.2, 0) is 13.1 Å². The van der Waals surface area contributed by atoms with Crippen LogP contribution in [0.25, 0.3) is 0 Å². The Hall–Kier alpha value is -2.61. The summed E-state index contributed by atoms with van der Waals surface area (Å²) in [5.74, 6) is 1.24. The third kappa shape index (κ3) is 6.25. The van der Waals surface area contributed by atoms with E-state index in [1.807, 2.05) is 35.0 Å². The van der Waals surface area contributed by atoms with E-state index in [1.165, 1.54) is 4.90 Å². The molecule has 1 aliphatic heterocycles. The van der Waals surface area contributed by atoms with Gasteiger partial charge in [0.2, 0.25) is 0 Å². The van der Waals surface area contributed by atoms with Crippen molar-refractivity contribution in [1.82, 2.24) is 19.8 Å². The van der Waals surface area contributed by atoms with Gasteiger partial charge in [0.05, 0.1) is 6.54 Å². The van der Waals surface area contributed by atoms with E-state index in [0.717, 1.165) is 37.3 Å². The fourth-order valence-corrected chi connectivity index (χ4v) is 4.08. The van der Waals surface area contributed by atoms with E-state index < -0.39 is 5.63 Å². The van der Waals surface area contributed by atoms with E-state index in [9.17, 15) is 9.59 Å². The predicted octanol–water partition coefficient (Wildman–Crippen LogP) is 3.78. The van der Waals surface area contributed by atoms with Crippen molar-refractivity contribution in [1.29, 1.82) is 0 Å². The second-order valence-electron chi connectivity index (χ2n) is 8.16. The minimum Gasteiger partial charge on any atom is -0.427 e. The van der Waals surface area contributed by atoms with Crippen LogP contribution in [0.15, 0.2) is 58.0 Å². The van der Waals surface area contributed by atoms with Gasteiger partial charge in [-0.2, -0.15) is 0 Å². The van der Waals surface area contributed by atoms with E-state index in [4.69, 9.17) is 4.42 Å². The van der Waals surface area contributed by atoms with E-state index in [2.05, 4.69) is 22.4 Å². The molecule has 0 spiro atoms. The van der Waals surface area contributed by atoms with Gasteiger partial charge in [0, 0.05) is 38.4 Å². The normalized spacial score (nSPS) is 15.3. The second kappa shape index (κ2) is 12.0. The Morgan fingerprint density at radius 3 is 2.70 bits per heavy atom. The summed E-state index contributed by atoms with van der Waals surface area (Å²) < 4.78 is 7.58. The molecule has 178 valence electrons. The van der Waals surface area contributed by atoms with Gasteiger partial charge in [0.25, 0.3) is 5.91 Å². The standard InChI is InChI=1S/C24H28N4O3.2ClH/c1-17-13-20(19-9-6-10-25-14-19)31-24(30)22(17)23(29)27(2)16-21-26-11-12-28(21)15-18-7-4-3-5-8-18;;/h3-5,7-8,11-13,19,25H,6,9-10,14-16H2,1-2H3;2*1H. The highest BCUT2D eigenvalue weighted by atomic mass is 35.5. The number of aryl methyl sites for hydroxylation is 1. The molecule has 1 fully saturated rings. The third-order valence-electron chi connectivity index (χ3n) is 5.80. The van der Waals surface area contributed by atoms with Crippen LogP contribution >= 0.6 is 24.8 Å². The highest BCUT2D eigenvalue weighted by molar-refractivity contribution is 5.94. The minimum atomic E-state index is -0.565. The molecule has 1 aliphatic rings. The van der Waals surface area contributed by atoms with Crippen LogP contribution in [0.4, 0.5) is 0 Å². The van der Waals surface area contributed by atoms with Crippen LogP contribution < -0.4 is 10.9 Å². The monoisotopic (exact) mass is 492 g/mol. The molecule has 0 aliphatic carbocycles. The number of piperidine rings is 1. The first-order valence-electron chi connectivity index (χ1n) is 10.7. The van der Waals surface area contributed by atoms with Gasteiger partial charge in [0.15, 0.2) is 0 Å². The molecule has 3 heterocycles. The van der Waals surface area contributed by atoms with Gasteiger partial charge in [-0.15, -0.1) is 24.8 Å². The van der Waals surface area contributed by atoms with Crippen LogP contribution in [0.2, 0.25) is 0 Å². The predicted molar refractivity (Wildman–Crippen MR) is 133 cm³/mol. The smallest absolute Gasteiger partial charge is 0.349 e. The lowest BCUT2D eigenvalue weighted by Gasteiger charge is -2.22. The number of carbonyl (C=O) groups is 1.